The van der Waals surface area contributed by atoms with E-state index in [2.05, 4.69) is 18.3 Å². The molecule has 1 N–H and O–H groups in total. The van der Waals surface area contributed by atoms with E-state index in [1.54, 1.807) is 0 Å². The molecule has 16 heavy (non-hydrogen) atoms. The molecule has 3 unspecified atom stereocenters. The number of hydrogen-bond donors (Lipinski definition) is 1. The third kappa shape index (κ3) is 3.84. The van der Waals surface area contributed by atoms with Crippen LogP contribution in [0.5, 0.6) is 0 Å². The van der Waals surface area contributed by atoms with Crippen LogP contribution >= 0.6 is 0 Å². The van der Waals surface area contributed by atoms with Crippen LogP contribution in [0, 0.1) is 29.1 Å². The summed E-state index contributed by atoms with van der Waals surface area (Å²) >= 11 is 0. The zero-order valence-electron chi connectivity index (χ0n) is 10.3. The molecule has 0 aliphatic heterocycles. The van der Waals surface area contributed by atoms with Gasteiger partial charge in [0, 0.05) is 6.54 Å². The minimum Gasteiger partial charge on any atom is -0.355 e. The third-order valence-corrected chi connectivity index (χ3v) is 3.42. The van der Waals surface area contributed by atoms with Gasteiger partial charge >= 0.3 is 0 Å². The summed E-state index contributed by atoms with van der Waals surface area (Å²) in [6.07, 6.45) is 5.25. The van der Waals surface area contributed by atoms with Crippen molar-refractivity contribution in [2.75, 3.05) is 6.54 Å². The monoisotopic (exact) mass is 222 g/mol. The van der Waals surface area contributed by atoms with Gasteiger partial charge in [0.05, 0.1) is 6.07 Å². The molecule has 0 saturated heterocycles. The van der Waals surface area contributed by atoms with Crippen molar-refractivity contribution >= 4 is 5.91 Å². The second-order valence-electron chi connectivity index (χ2n) is 5.00. The predicted molar refractivity (Wildman–Crippen MR) is 63.5 cm³/mol. The number of carbonyl (C=O) groups excluding carboxylic acids is 1. The second kappa shape index (κ2) is 6.52. The zero-order chi connectivity index (χ0) is 12.0. The fraction of sp³-hybridized carbons (Fsp3) is 0.846. The molecule has 1 aliphatic carbocycles. The van der Waals surface area contributed by atoms with E-state index in [0.717, 1.165) is 18.9 Å². The van der Waals surface area contributed by atoms with E-state index in [1.807, 2.05) is 6.92 Å². The van der Waals surface area contributed by atoms with Gasteiger partial charge < -0.3 is 5.32 Å². The average molecular weight is 222 g/mol. The number of amides is 1. The molecule has 1 fully saturated rings. The average Bonchev–Trinajstić information content (AvgIpc) is 2.68. The van der Waals surface area contributed by atoms with Gasteiger partial charge in [-0.2, -0.15) is 5.26 Å². The highest BCUT2D eigenvalue weighted by atomic mass is 16.1. The van der Waals surface area contributed by atoms with Crippen LogP contribution in [0.3, 0.4) is 0 Å². The zero-order valence-corrected chi connectivity index (χ0v) is 10.3. The second-order valence-corrected chi connectivity index (χ2v) is 5.00. The summed E-state index contributed by atoms with van der Waals surface area (Å²) < 4.78 is 0. The molecule has 1 rings (SSSR count). The van der Waals surface area contributed by atoms with Crippen molar-refractivity contribution in [3.05, 3.63) is 0 Å². The van der Waals surface area contributed by atoms with E-state index in [-0.39, 0.29) is 5.91 Å². The number of nitrogens with zero attached hydrogens (tertiary/aromatic N) is 1. The molecule has 3 atom stereocenters. The Morgan fingerprint density at radius 3 is 2.81 bits per heavy atom. The van der Waals surface area contributed by atoms with E-state index in [0.29, 0.717) is 12.3 Å². The van der Waals surface area contributed by atoms with Crippen molar-refractivity contribution in [1.82, 2.24) is 5.32 Å². The maximum Gasteiger partial charge on any atom is 0.237 e. The lowest BCUT2D eigenvalue weighted by atomic mass is 10.0. The fourth-order valence-electron chi connectivity index (χ4n) is 2.42. The summed E-state index contributed by atoms with van der Waals surface area (Å²) in [5, 5.41) is 11.8. The highest BCUT2D eigenvalue weighted by molar-refractivity contribution is 5.80. The van der Waals surface area contributed by atoms with Crippen LogP contribution in [0.25, 0.3) is 0 Å². The Balaban J connectivity index is 2.26. The largest absolute Gasteiger partial charge is 0.355 e. The van der Waals surface area contributed by atoms with Crippen molar-refractivity contribution in [3.8, 4) is 6.07 Å². The maximum atomic E-state index is 11.7. The lowest BCUT2D eigenvalue weighted by Crippen LogP contribution is -2.33. The van der Waals surface area contributed by atoms with Gasteiger partial charge in [0.1, 0.15) is 5.92 Å². The Hall–Kier alpha value is -1.04. The van der Waals surface area contributed by atoms with Crippen molar-refractivity contribution in [2.45, 2.75) is 46.0 Å². The van der Waals surface area contributed by atoms with E-state index < -0.39 is 5.92 Å². The van der Waals surface area contributed by atoms with E-state index >= 15 is 0 Å². The van der Waals surface area contributed by atoms with E-state index in [1.165, 1.54) is 19.3 Å². The normalized spacial score (nSPS) is 26.1. The highest BCUT2D eigenvalue weighted by Gasteiger charge is 2.23. The van der Waals surface area contributed by atoms with Gasteiger partial charge in [0.25, 0.3) is 0 Å². The molecule has 1 saturated carbocycles. The van der Waals surface area contributed by atoms with Gasteiger partial charge in [-0.1, -0.05) is 26.7 Å². The summed E-state index contributed by atoms with van der Waals surface area (Å²) in [5.74, 6) is 0.886. The van der Waals surface area contributed by atoms with E-state index in [4.69, 9.17) is 5.26 Å². The Morgan fingerprint density at radius 1 is 1.56 bits per heavy atom. The summed E-state index contributed by atoms with van der Waals surface area (Å²) in [7, 11) is 0. The molecule has 3 nitrogen and oxygen atoms in total. The molecule has 0 aromatic carbocycles. The third-order valence-electron chi connectivity index (χ3n) is 3.42. The molecular weight excluding hydrogens is 200 g/mol. The quantitative estimate of drug-likeness (QED) is 0.777. The van der Waals surface area contributed by atoms with Gasteiger partial charge in [0.2, 0.25) is 5.91 Å². The van der Waals surface area contributed by atoms with Crippen LogP contribution in [-0.2, 0) is 4.79 Å². The van der Waals surface area contributed by atoms with E-state index in [9.17, 15) is 4.79 Å². The lowest BCUT2D eigenvalue weighted by Gasteiger charge is -2.13. The van der Waals surface area contributed by atoms with Crippen LogP contribution in [0.2, 0.25) is 0 Å². The van der Waals surface area contributed by atoms with Gasteiger partial charge in [-0.25, -0.2) is 0 Å². The summed E-state index contributed by atoms with van der Waals surface area (Å²) in [6, 6.07) is 2.07. The molecule has 0 aromatic rings. The Morgan fingerprint density at radius 2 is 2.31 bits per heavy atom. The SMILES string of the molecule is CCCC(C#N)C(=O)NCC1CCC(C)C1. The molecule has 0 radical (unpaired) electrons. The first-order chi connectivity index (χ1) is 7.67. The number of hydrogen-bond acceptors (Lipinski definition) is 2. The lowest BCUT2D eigenvalue weighted by molar-refractivity contribution is -0.123. The highest BCUT2D eigenvalue weighted by Crippen LogP contribution is 2.29. The fourth-order valence-corrected chi connectivity index (χ4v) is 2.42. The molecule has 3 heteroatoms. The van der Waals surface area contributed by atoms with Gasteiger partial charge in [0.15, 0.2) is 0 Å². The smallest absolute Gasteiger partial charge is 0.237 e. The van der Waals surface area contributed by atoms with Gasteiger partial charge in [-0.3, -0.25) is 4.79 Å². The number of nitriles is 1. The van der Waals surface area contributed by atoms with Crippen molar-refractivity contribution in [1.29, 1.82) is 5.26 Å². The molecule has 1 amide bonds. The van der Waals surface area contributed by atoms with Crippen LogP contribution in [0.1, 0.15) is 46.0 Å². The molecule has 0 heterocycles. The topological polar surface area (TPSA) is 52.9 Å². The standard InChI is InChI=1S/C13H22N2O/c1-3-4-12(8-14)13(16)15-9-11-6-5-10(2)7-11/h10-12H,3-7,9H2,1-2H3,(H,15,16). The van der Waals surface area contributed by atoms with Crippen molar-refractivity contribution < 1.29 is 4.79 Å². The summed E-state index contributed by atoms with van der Waals surface area (Å²) in [4.78, 5) is 11.7. The Bertz CT molecular complexity index is 270. The van der Waals surface area contributed by atoms with Gasteiger partial charge in [-0.05, 0) is 31.1 Å². The van der Waals surface area contributed by atoms with Crippen LogP contribution < -0.4 is 5.32 Å². The summed E-state index contributed by atoms with van der Waals surface area (Å²) in [5.41, 5.74) is 0. The van der Waals surface area contributed by atoms with Crippen LogP contribution in [0.15, 0.2) is 0 Å². The van der Waals surface area contributed by atoms with Crippen LogP contribution in [0.4, 0.5) is 0 Å². The first kappa shape index (κ1) is 13.0. The van der Waals surface area contributed by atoms with Crippen molar-refractivity contribution in [2.24, 2.45) is 17.8 Å². The first-order valence-electron chi connectivity index (χ1n) is 6.34. The van der Waals surface area contributed by atoms with Crippen molar-refractivity contribution in [3.63, 3.8) is 0 Å². The Kier molecular flexibility index (Phi) is 5.31. The number of nitrogens with one attached hydrogen (secondary N) is 1. The van der Waals surface area contributed by atoms with Gasteiger partial charge in [-0.15, -0.1) is 0 Å². The molecular formula is C13H22N2O. The number of rotatable bonds is 5. The minimum absolute atomic E-state index is 0.0797. The minimum atomic E-state index is -0.455. The Labute approximate surface area is 98.2 Å². The molecule has 0 spiro atoms. The summed E-state index contributed by atoms with van der Waals surface area (Å²) in [6.45, 7) is 5.01. The first-order valence-corrected chi connectivity index (χ1v) is 6.34. The predicted octanol–water partition coefficient (Wildman–Crippen LogP) is 2.48. The molecule has 90 valence electrons. The van der Waals surface area contributed by atoms with Crippen LogP contribution in [-0.4, -0.2) is 12.5 Å². The molecule has 1 aliphatic rings. The molecule has 0 bridgehead atoms. The molecule has 0 aromatic heterocycles. The number of carbonyl (C=O) groups is 1. The maximum absolute atomic E-state index is 11.7.